The lowest BCUT2D eigenvalue weighted by molar-refractivity contribution is 0.585. The van der Waals surface area contributed by atoms with Crippen LogP contribution in [0.1, 0.15) is 10.4 Å². The Morgan fingerprint density at radius 3 is 2.44 bits per heavy atom. The Balaban J connectivity index is 1.85. The number of nitrogens with zero attached hydrogens (tertiary/aromatic N) is 1. The van der Waals surface area contributed by atoms with Crippen LogP contribution in [-0.2, 0) is 10.0 Å². The lowest BCUT2D eigenvalue weighted by Crippen LogP contribution is -1.97. The number of aryl methyl sites for hydroxylation is 1. The minimum Gasteiger partial charge on any atom is -0.207 e. The Morgan fingerprint density at radius 1 is 1.04 bits per heavy atom. The average molecular weight is 377 g/mol. The van der Waals surface area contributed by atoms with Crippen LogP contribution in [-0.4, -0.2) is 14.6 Å². The average Bonchev–Trinajstić information content (AvgIpc) is 3.02. The standard InChI is InChI=1S/C18H13F2NO2S2/c1-12-2-5-16(6-3-12)25(22,23)21-10-15-8-13(11-24-15)17-7-4-14(19)9-18(17)20/h2-11H,1H3/b21-10+. The van der Waals surface area contributed by atoms with E-state index in [1.807, 2.05) is 6.92 Å². The summed E-state index contributed by atoms with van der Waals surface area (Å²) in [4.78, 5) is 0.658. The Labute approximate surface area is 148 Å². The first kappa shape index (κ1) is 17.4. The molecular weight excluding hydrogens is 364 g/mol. The van der Waals surface area contributed by atoms with Gasteiger partial charge in [0.05, 0.1) is 11.1 Å². The maximum Gasteiger partial charge on any atom is 0.282 e. The first-order valence-corrected chi connectivity index (χ1v) is 9.58. The van der Waals surface area contributed by atoms with Crippen molar-refractivity contribution in [1.82, 2.24) is 0 Å². The van der Waals surface area contributed by atoms with Gasteiger partial charge in [-0.3, -0.25) is 0 Å². The molecular formula is C18H13F2NO2S2. The van der Waals surface area contributed by atoms with Crippen molar-refractivity contribution in [1.29, 1.82) is 0 Å². The van der Waals surface area contributed by atoms with Crippen LogP contribution < -0.4 is 0 Å². The van der Waals surface area contributed by atoms with Crippen LogP contribution in [0.2, 0.25) is 0 Å². The van der Waals surface area contributed by atoms with E-state index in [1.165, 1.54) is 41.8 Å². The highest BCUT2D eigenvalue weighted by atomic mass is 32.2. The summed E-state index contributed by atoms with van der Waals surface area (Å²) in [6, 6.07) is 11.3. The summed E-state index contributed by atoms with van der Waals surface area (Å²) in [5.41, 5.74) is 1.74. The predicted molar refractivity (Wildman–Crippen MR) is 95.6 cm³/mol. The van der Waals surface area contributed by atoms with Gasteiger partial charge in [-0.05, 0) is 48.2 Å². The molecule has 3 rings (SSSR count). The lowest BCUT2D eigenvalue weighted by Gasteiger charge is -1.99. The van der Waals surface area contributed by atoms with E-state index >= 15 is 0 Å². The molecule has 1 aromatic heterocycles. The van der Waals surface area contributed by atoms with Crippen LogP contribution in [0.4, 0.5) is 8.78 Å². The van der Waals surface area contributed by atoms with E-state index in [0.29, 0.717) is 10.4 Å². The van der Waals surface area contributed by atoms with Gasteiger partial charge in [0.2, 0.25) is 0 Å². The molecule has 1 heterocycles. The van der Waals surface area contributed by atoms with Crippen molar-refractivity contribution in [3.05, 3.63) is 76.0 Å². The summed E-state index contributed by atoms with van der Waals surface area (Å²) in [7, 11) is -3.79. The number of benzene rings is 2. The molecule has 2 aromatic carbocycles. The molecule has 0 fully saturated rings. The van der Waals surface area contributed by atoms with E-state index in [4.69, 9.17) is 0 Å². The summed E-state index contributed by atoms with van der Waals surface area (Å²) < 4.78 is 54.8. The molecule has 128 valence electrons. The van der Waals surface area contributed by atoms with Crippen molar-refractivity contribution in [2.45, 2.75) is 11.8 Å². The van der Waals surface area contributed by atoms with Crippen molar-refractivity contribution in [2.75, 3.05) is 0 Å². The van der Waals surface area contributed by atoms with Crippen LogP contribution in [0.25, 0.3) is 11.1 Å². The fraction of sp³-hybridized carbons (Fsp3) is 0.0556. The summed E-state index contributed by atoms with van der Waals surface area (Å²) in [6.45, 7) is 1.86. The predicted octanol–water partition coefficient (Wildman–Crippen LogP) is 4.81. The molecule has 0 aliphatic carbocycles. The zero-order chi connectivity index (χ0) is 18.0. The van der Waals surface area contributed by atoms with E-state index in [2.05, 4.69) is 4.40 Å². The number of hydrogen-bond acceptors (Lipinski definition) is 3. The van der Waals surface area contributed by atoms with Gasteiger partial charge in [-0.2, -0.15) is 12.8 Å². The van der Waals surface area contributed by atoms with Gasteiger partial charge >= 0.3 is 0 Å². The molecule has 7 heteroatoms. The molecule has 0 bridgehead atoms. The van der Waals surface area contributed by atoms with E-state index in [9.17, 15) is 17.2 Å². The largest absolute Gasteiger partial charge is 0.282 e. The highest BCUT2D eigenvalue weighted by molar-refractivity contribution is 7.90. The second kappa shape index (κ2) is 6.85. The van der Waals surface area contributed by atoms with Gasteiger partial charge in [0, 0.05) is 16.5 Å². The monoisotopic (exact) mass is 377 g/mol. The van der Waals surface area contributed by atoms with Gasteiger partial charge in [0.25, 0.3) is 10.0 Å². The van der Waals surface area contributed by atoms with Crippen molar-refractivity contribution in [3.8, 4) is 11.1 Å². The Bertz CT molecular complexity index is 1040. The normalized spacial score (nSPS) is 12.0. The molecule has 3 nitrogen and oxygen atoms in total. The molecule has 0 atom stereocenters. The summed E-state index contributed by atoms with van der Waals surface area (Å²) in [6.07, 6.45) is 1.23. The van der Waals surface area contributed by atoms with E-state index < -0.39 is 21.7 Å². The van der Waals surface area contributed by atoms with Crippen LogP contribution in [0, 0.1) is 18.6 Å². The molecule has 25 heavy (non-hydrogen) atoms. The van der Waals surface area contributed by atoms with Crippen molar-refractivity contribution in [2.24, 2.45) is 4.40 Å². The fourth-order valence-electron chi connectivity index (χ4n) is 2.18. The van der Waals surface area contributed by atoms with E-state index in [0.717, 1.165) is 11.6 Å². The van der Waals surface area contributed by atoms with Crippen molar-refractivity contribution < 1.29 is 17.2 Å². The molecule has 0 unspecified atom stereocenters. The molecule has 0 radical (unpaired) electrons. The van der Waals surface area contributed by atoms with E-state index in [-0.39, 0.29) is 10.5 Å². The minimum atomic E-state index is -3.79. The van der Waals surface area contributed by atoms with Crippen LogP contribution >= 0.6 is 11.3 Å². The smallest absolute Gasteiger partial charge is 0.207 e. The Morgan fingerprint density at radius 2 is 1.76 bits per heavy atom. The maximum atomic E-state index is 13.8. The highest BCUT2D eigenvalue weighted by Gasteiger charge is 2.12. The summed E-state index contributed by atoms with van der Waals surface area (Å²) >= 11 is 1.22. The lowest BCUT2D eigenvalue weighted by atomic mass is 10.1. The Kier molecular flexibility index (Phi) is 4.78. The van der Waals surface area contributed by atoms with Crippen LogP contribution in [0.15, 0.2) is 63.2 Å². The molecule has 0 amide bonds. The molecule has 0 saturated heterocycles. The van der Waals surface area contributed by atoms with Crippen molar-refractivity contribution in [3.63, 3.8) is 0 Å². The number of sulfonamides is 1. The highest BCUT2D eigenvalue weighted by Crippen LogP contribution is 2.28. The quantitative estimate of drug-likeness (QED) is 0.613. The third-order valence-corrected chi connectivity index (χ3v) is 5.62. The number of halogens is 2. The van der Waals surface area contributed by atoms with Crippen LogP contribution in [0.3, 0.4) is 0 Å². The first-order valence-electron chi connectivity index (χ1n) is 7.26. The molecule has 3 aromatic rings. The summed E-state index contributed by atoms with van der Waals surface area (Å²) in [5, 5.41) is 1.66. The maximum absolute atomic E-state index is 13.8. The molecule has 0 saturated carbocycles. The van der Waals surface area contributed by atoms with Gasteiger partial charge in [-0.15, -0.1) is 11.3 Å². The van der Waals surface area contributed by atoms with Gasteiger partial charge in [0.15, 0.2) is 0 Å². The summed E-state index contributed by atoms with van der Waals surface area (Å²) in [5.74, 6) is -1.32. The van der Waals surface area contributed by atoms with E-state index in [1.54, 1.807) is 23.6 Å². The third-order valence-electron chi connectivity index (χ3n) is 3.50. The molecule has 0 spiro atoms. The molecule has 0 N–H and O–H groups in total. The zero-order valence-corrected chi connectivity index (χ0v) is 14.7. The Hall–Kier alpha value is -2.38. The second-order valence-corrected chi connectivity index (χ2v) is 7.96. The minimum absolute atomic E-state index is 0.107. The number of thiophene rings is 1. The number of hydrogen-bond donors (Lipinski definition) is 0. The fourth-order valence-corrected chi connectivity index (χ4v) is 3.87. The SMILES string of the molecule is Cc1ccc(S(=O)(=O)/N=C/c2cc(-c3ccc(F)cc3F)cs2)cc1. The zero-order valence-electron chi connectivity index (χ0n) is 13.1. The van der Waals surface area contributed by atoms with Gasteiger partial charge in [-0.1, -0.05) is 17.7 Å². The third kappa shape index (κ3) is 4.00. The topological polar surface area (TPSA) is 46.5 Å². The second-order valence-electron chi connectivity index (χ2n) is 5.38. The molecule has 0 aliphatic rings. The van der Waals surface area contributed by atoms with Crippen LogP contribution in [0.5, 0.6) is 0 Å². The van der Waals surface area contributed by atoms with Crippen molar-refractivity contribution >= 4 is 27.6 Å². The first-order chi connectivity index (χ1) is 11.8. The van der Waals surface area contributed by atoms with Gasteiger partial charge in [-0.25, -0.2) is 8.78 Å². The number of rotatable bonds is 4. The van der Waals surface area contributed by atoms with Gasteiger partial charge < -0.3 is 0 Å². The molecule has 0 aliphatic heterocycles. The van der Waals surface area contributed by atoms with Gasteiger partial charge in [0.1, 0.15) is 11.6 Å².